The van der Waals surface area contributed by atoms with Gasteiger partial charge in [0.25, 0.3) is 0 Å². The second-order valence-electron chi connectivity index (χ2n) is 4.92. The van der Waals surface area contributed by atoms with Gasteiger partial charge >= 0.3 is 0 Å². The average molecular weight is 273 g/mol. The van der Waals surface area contributed by atoms with Gasteiger partial charge in [-0.15, -0.1) is 0 Å². The van der Waals surface area contributed by atoms with Gasteiger partial charge in [-0.3, -0.25) is 0 Å². The van der Waals surface area contributed by atoms with E-state index in [2.05, 4.69) is 18.0 Å². The predicted molar refractivity (Wildman–Crippen MR) is 78.7 cm³/mol. The summed E-state index contributed by atoms with van der Waals surface area (Å²) in [4.78, 5) is 6.49. The van der Waals surface area contributed by atoms with Crippen molar-refractivity contribution in [2.75, 3.05) is 26.3 Å². The molecule has 0 spiro atoms. The molecule has 0 atom stereocenters. The fourth-order valence-corrected chi connectivity index (χ4v) is 2.42. The van der Waals surface area contributed by atoms with Gasteiger partial charge < -0.3 is 19.8 Å². The summed E-state index contributed by atoms with van der Waals surface area (Å²) in [6.07, 6.45) is 0. The first-order valence-electron chi connectivity index (χ1n) is 6.85. The van der Waals surface area contributed by atoms with Crippen LogP contribution in [-0.2, 0) is 11.3 Å². The van der Waals surface area contributed by atoms with Gasteiger partial charge in [-0.1, -0.05) is 18.2 Å². The zero-order valence-electron chi connectivity index (χ0n) is 11.6. The Hall–Kier alpha value is -2.01. The van der Waals surface area contributed by atoms with Crippen LogP contribution in [0.3, 0.4) is 0 Å². The van der Waals surface area contributed by atoms with Gasteiger partial charge in [0.15, 0.2) is 5.96 Å². The molecule has 2 heterocycles. The Labute approximate surface area is 118 Å². The fraction of sp³-hybridized carbons (Fsp3) is 0.400. The van der Waals surface area contributed by atoms with E-state index in [0.29, 0.717) is 25.7 Å². The van der Waals surface area contributed by atoms with E-state index < -0.39 is 0 Å². The maximum atomic E-state index is 6.02. The monoisotopic (exact) mass is 273 g/mol. The molecular weight excluding hydrogens is 254 g/mol. The van der Waals surface area contributed by atoms with Crippen molar-refractivity contribution < 1.29 is 9.15 Å². The maximum Gasteiger partial charge on any atom is 0.191 e. The second-order valence-corrected chi connectivity index (χ2v) is 4.92. The summed E-state index contributed by atoms with van der Waals surface area (Å²) >= 11 is 0. The summed E-state index contributed by atoms with van der Waals surface area (Å²) in [5.74, 6) is 1.44. The number of furan rings is 1. The van der Waals surface area contributed by atoms with Gasteiger partial charge in [0.2, 0.25) is 0 Å². The third-order valence-corrected chi connectivity index (χ3v) is 3.66. The number of benzene rings is 1. The van der Waals surface area contributed by atoms with Crippen LogP contribution in [0.25, 0.3) is 11.0 Å². The quantitative estimate of drug-likeness (QED) is 0.670. The molecule has 1 aromatic heterocycles. The lowest BCUT2D eigenvalue weighted by molar-refractivity contribution is 0.0674. The smallest absolute Gasteiger partial charge is 0.191 e. The van der Waals surface area contributed by atoms with E-state index in [1.54, 1.807) is 0 Å². The van der Waals surface area contributed by atoms with E-state index in [4.69, 9.17) is 14.9 Å². The molecule has 3 rings (SSSR count). The van der Waals surface area contributed by atoms with Crippen LogP contribution in [0, 0.1) is 6.92 Å². The van der Waals surface area contributed by atoms with Gasteiger partial charge in [-0.05, 0) is 13.0 Å². The maximum absolute atomic E-state index is 6.02. The van der Waals surface area contributed by atoms with Crippen molar-refractivity contribution in [3.8, 4) is 0 Å². The Bertz CT molecular complexity index is 627. The third-order valence-electron chi connectivity index (χ3n) is 3.66. The van der Waals surface area contributed by atoms with Crippen LogP contribution in [0.2, 0.25) is 0 Å². The SMILES string of the molecule is Cc1c(CN=C(N)N2CCOCC2)oc2ccccc12. The van der Waals surface area contributed by atoms with Crippen LogP contribution in [-0.4, -0.2) is 37.2 Å². The van der Waals surface area contributed by atoms with Crippen molar-refractivity contribution in [2.45, 2.75) is 13.5 Å². The molecule has 0 unspecified atom stereocenters. The van der Waals surface area contributed by atoms with E-state index in [1.807, 2.05) is 23.1 Å². The van der Waals surface area contributed by atoms with Crippen LogP contribution in [0.15, 0.2) is 33.7 Å². The van der Waals surface area contributed by atoms with Crippen LogP contribution in [0.4, 0.5) is 0 Å². The summed E-state index contributed by atoms with van der Waals surface area (Å²) in [5.41, 5.74) is 8.06. The molecule has 5 heteroatoms. The second kappa shape index (κ2) is 5.54. The Morgan fingerprint density at radius 2 is 2.05 bits per heavy atom. The van der Waals surface area contributed by atoms with Crippen molar-refractivity contribution in [1.82, 2.24) is 4.90 Å². The molecule has 1 fully saturated rings. The van der Waals surface area contributed by atoms with E-state index in [9.17, 15) is 0 Å². The molecule has 2 N–H and O–H groups in total. The molecule has 1 aliphatic rings. The molecule has 5 nitrogen and oxygen atoms in total. The van der Waals surface area contributed by atoms with Crippen LogP contribution in [0.1, 0.15) is 11.3 Å². The highest BCUT2D eigenvalue weighted by Crippen LogP contribution is 2.25. The minimum absolute atomic E-state index is 0.476. The lowest BCUT2D eigenvalue weighted by atomic mass is 10.1. The number of aliphatic imine (C=N–C) groups is 1. The summed E-state index contributed by atoms with van der Waals surface area (Å²) in [5, 5.41) is 1.14. The van der Waals surface area contributed by atoms with E-state index in [1.165, 1.54) is 0 Å². The zero-order chi connectivity index (χ0) is 13.9. The molecule has 0 aliphatic carbocycles. The number of fused-ring (bicyclic) bond motifs is 1. The van der Waals surface area contributed by atoms with Gasteiger partial charge in [-0.25, -0.2) is 4.99 Å². The molecule has 1 aliphatic heterocycles. The predicted octanol–water partition coefficient (Wildman–Crippen LogP) is 1.89. The molecule has 1 aromatic carbocycles. The number of aryl methyl sites for hydroxylation is 1. The number of ether oxygens (including phenoxy) is 1. The number of nitrogens with zero attached hydrogens (tertiary/aromatic N) is 2. The lowest BCUT2D eigenvalue weighted by Gasteiger charge is -2.27. The fourth-order valence-electron chi connectivity index (χ4n) is 2.42. The average Bonchev–Trinajstić information content (AvgIpc) is 2.83. The summed E-state index contributed by atoms with van der Waals surface area (Å²) in [6, 6.07) is 8.02. The Morgan fingerprint density at radius 1 is 1.30 bits per heavy atom. The van der Waals surface area contributed by atoms with Gasteiger partial charge in [0, 0.05) is 24.0 Å². The first kappa shape index (κ1) is 13.0. The highest BCUT2D eigenvalue weighted by molar-refractivity contribution is 5.82. The van der Waals surface area contributed by atoms with E-state index in [-0.39, 0.29) is 0 Å². The number of morpholine rings is 1. The standard InChI is InChI=1S/C15H19N3O2/c1-11-12-4-2-3-5-13(12)20-14(11)10-17-15(16)18-6-8-19-9-7-18/h2-5H,6-10H2,1H3,(H2,16,17). The van der Waals surface area contributed by atoms with Gasteiger partial charge in [0.1, 0.15) is 17.9 Å². The van der Waals surface area contributed by atoms with E-state index in [0.717, 1.165) is 35.4 Å². The first-order chi connectivity index (χ1) is 9.75. The molecule has 1 saturated heterocycles. The van der Waals surface area contributed by atoms with Gasteiger partial charge in [-0.2, -0.15) is 0 Å². The molecule has 2 aromatic rings. The topological polar surface area (TPSA) is 64.0 Å². The lowest BCUT2D eigenvalue weighted by Crippen LogP contribution is -2.44. The van der Waals surface area contributed by atoms with Crippen molar-refractivity contribution in [3.63, 3.8) is 0 Å². The normalized spacial score (nSPS) is 16.9. The number of hydrogen-bond donors (Lipinski definition) is 1. The molecule has 0 amide bonds. The van der Waals surface area contributed by atoms with Crippen LogP contribution in [0.5, 0.6) is 0 Å². The Balaban J connectivity index is 1.77. The summed E-state index contributed by atoms with van der Waals surface area (Å²) in [6.45, 7) is 5.55. The van der Waals surface area contributed by atoms with Crippen LogP contribution < -0.4 is 5.73 Å². The van der Waals surface area contributed by atoms with Crippen LogP contribution >= 0.6 is 0 Å². The molecule has 0 radical (unpaired) electrons. The Kier molecular flexibility index (Phi) is 3.60. The third kappa shape index (κ3) is 2.49. The molecule has 106 valence electrons. The number of nitrogens with two attached hydrogens (primary N) is 1. The number of rotatable bonds is 2. The summed E-state index contributed by atoms with van der Waals surface area (Å²) in [7, 11) is 0. The zero-order valence-corrected chi connectivity index (χ0v) is 11.6. The largest absolute Gasteiger partial charge is 0.459 e. The minimum atomic E-state index is 0.476. The van der Waals surface area contributed by atoms with Gasteiger partial charge in [0.05, 0.1) is 13.2 Å². The van der Waals surface area contributed by atoms with Crippen molar-refractivity contribution in [3.05, 3.63) is 35.6 Å². The van der Waals surface area contributed by atoms with Crippen molar-refractivity contribution in [2.24, 2.45) is 10.7 Å². The Morgan fingerprint density at radius 3 is 2.80 bits per heavy atom. The van der Waals surface area contributed by atoms with Crippen molar-refractivity contribution >= 4 is 16.9 Å². The van der Waals surface area contributed by atoms with Crippen molar-refractivity contribution in [1.29, 1.82) is 0 Å². The highest BCUT2D eigenvalue weighted by atomic mass is 16.5. The molecule has 20 heavy (non-hydrogen) atoms. The molecular formula is C15H19N3O2. The number of para-hydroxylation sites is 1. The molecule has 0 bridgehead atoms. The van der Waals surface area contributed by atoms with E-state index >= 15 is 0 Å². The summed E-state index contributed by atoms with van der Waals surface area (Å²) < 4.78 is 11.1. The highest BCUT2D eigenvalue weighted by Gasteiger charge is 2.13. The minimum Gasteiger partial charge on any atom is -0.459 e. The number of hydrogen-bond acceptors (Lipinski definition) is 3. The number of guanidine groups is 1. The molecule has 0 saturated carbocycles. The first-order valence-corrected chi connectivity index (χ1v) is 6.85.